The molecule has 0 radical (unpaired) electrons. The molecule has 1 unspecified atom stereocenters. The van der Waals surface area contributed by atoms with Crippen molar-refractivity contribution in [1.29, 1.82) is 0 Å². The van der Waals surface area contributed by atoms with Gasteiger partial charge in [0, 0.05) is 21.8 Å². The van der Waals surface area contributed by atoms with E-state index in [-0.39, 0.29) is 6.04 Å². The molecule has 0 spiro atoms. The van der Waals surface area contributed by atoms with Crippen LogP contribution in [0.4, 0.5) is 5.69 Å². The lowest BCUT2D eigenvalue weighted by atomic mass is 10.2. The minimum atomic E-state index is 0.277. The number of rotatable bonds is 3. The molecule has 0 aliphatic heterocycles. The van der Waals surface area contributed by atoms with Gasteiger partial charge in [0.15, 0.2) is 0 Å². The van der Waals surface area contributed by atoms with E-state index in [1.807, 2.05) is 36.0 Å². The van der Waals surface area contributed by atoms with Crippen LogP contribution in [0.3, 0.4) is 0 Å². The van der Waals surface area contributed by atoms with E-state index in [4.69, 9.17) is 11.6 Å². The van der Waals surface area contributed by atoms with E-state index in [0.717, 1.165) is 10.7 Å². The van der Waals surface area contributed by atoms with Crippen molar-refractivity contribution in [1.82, 2.24) is 4.98 Å². The molecule has 1 atom stereocenters. The summed E-state index contributed by atoms with van der Waals surface area (Å²) in [4.78, 5) is 5.28. The number of hydrogen-bond donors (Lipinski definition) is 1. The van der Waals surface area contributed by atoms with Gasteiger partial charge in [-0.15, -0.1) is 11.3 Å². The molecule has 1 aromatic carbocycles. The summed E-state index contributed by atoms with van der Waals surface area (Å²) >= 11 is 7.47. The Morgan fingerprint density at radius 1 is 1.33 bits per heavy atom. The number of benzene rings is 1. The van der Waals surface area contributed by atoms with Gasteiger partial charge in [-0.1, -0.05) is 11.6 Å². The van der Waals surface area contributed by atoms with E-state index >= 15 is 0 Å². The van der Waals surface area contributed by atoms with E-state index in [1.165, 1.54) is 4.88 Å². The minimum Gasteiger partial charge on any atom is -0.378 e. The second-order valence-electron chi connectivity index (χ2n) is 3.28. The summed E-state index contributed by atoms with van der Waals surface area (Å²) in [6.07, 6.45) is 1.89. The number of aromatic nitrogens is 1. The van der Waals surface area contributed by atoms with Crippen LogP contribution >= 0.6 is 22.9 Å². The molecule has 1 N–H and O–H groups in total. The smallest absolute Gasteiger partial charge is 0.0795 e. The van der Waals surface area contributed by atoms with Gasteiger partial charge in [0.2, 0.25) is 0 Å². The fourth-order valence-corrected chi connectivity index (χ4v) is 2.06. The molecule has 0 saturated carbocycles. The molecule has 4 heteroatoms. The van der Waals surface area contributed by atoms with Crippen molar-refractivity contribution in [2.45, 2.75) is 13.0 Å². The Bertz CT molecular complexity index is 411. The maximum absolute atomic E-state index is 5.81. The van der Waals surface area contributed by atoms with Gasteiger partial charge in [-0.25, -0.2) is 0 Å². The third-order valence-corrected chi connectivity index (χ3v) is 3.32. The van der Waals surface area contributed by atoms with Crippen LogP contribution in [-0.2, 0) is 0 Å². The summed E-state index contributed by atoms with van der Waals surface area (Å²) in [6.45, 7) is 2.11. The van der Waals surface area contributed by atoms with Gasteiger partial charge in [-0.3, -0.25) is 4.98 Å². The highest BCUT2D eigenvalue weighted by Crippen LogP contribution is 2.22. The number of halogens is 1. The van der Waals surface area contributed by atoms with Gasteiger partial charge in [-0.2, -0.15) is 0 Å². The Hall–Kier alpha value is -1.06. The zero-order valence-electron chi connectivity index (χ0n) is 8.27. The molecule has 1 aromatic heterocycles. The topological polar surface area (TPSA) is 24.9 Å². The third kappa shape index (κ3) is 2.70. The number of nitrogens with zero attached hydrogens (tertiary/aromatic N) is 1. The van der Waals surface area contributed by atoms with Crippen LogP contribution in [0.1, 0.15) is 17.8 Å². The van der Waals surface area contributed by atoms with Crippen molar-refractivity contribution in [2.75, 3.05) is 5.32 Å². The van der Waals surface area contributed by atoms with E-state index in [9.17, 15) is 0 Å². The Labute approximate surface area is 97.9 Å². The number of anilines is 1. The SMILES string of the molecule is CC(Nc1ccc(Cl)cc1)c1cncs1. The van der Waals surface area contributed by atoms with Crippen LogP contribution in [0.2, 0.25) is 5.02 Å². The summed E-state index contributed by atoms with van der Waals surface area (Å²) in [5, 5.41) is 4.14. The monoisotopic (exact) mass is 238 g/mol. The van der Waals surface area contributed by atoms with Gasteiger partial charge < -0.3 is 5.32 Å². The molecule has 0 aliphatic rings. The lowest BCUT2D eigenvalue weighted by Gasteiger charge is -2.12. The van der Waals surface area contributed by atoms with Crippen LogP contribution in [0.5, 0.6) is 0 Å². The van der Waals surface area contributed by atoms with Crippen LogP contribution in [0.15, 0.2) is 36.0 Å². The standard InChI is InChI=1S/C11H11ClN2S/c1-8(11-6-13-7-15-11)14-10-4-2-9(12)3-5-10/h2-8,14H,1H3. The summed E-state index contributed by atoms with van der Waals surface area (Å²) in [5.74, 6) is 0. The first-order valence-electron chi connectivity index (χ1n) is 4.66. The maximum Gasteiger partial charge on any atom is 0.0795 e. The van der Waals surface area contributed by atoms with Crippen LogP contribution in [0.25, 0.3) is 0 Å². The molecule has 0 aliphatic carbocycles. The summed E-state index contributed by atoms with van der Waals surface area (Å²) < 4.78 is 0. The molecule has 0 bridgehead atoms. The molecule has 2 aromatic rings. The second-order valence-corrected chi connectivity index (χ2v) is 4.63. The van der Waals surface area contributed by atoms with Gasteiger partial charge in [0.25, 0.3) is 0 Å². The highest BCUT2D eigenvalue weighted by molar-refractivity contribution is 7.09. The quantitative estimate of drug-likeness (QED) is 0.875. The molecule has 0 amide bonds. The summed E-state index contributed by atoms with van der Waals surface area (Å²) in [6, 6.07) is 7.98. The van der Waals surface area contributed by atoms with E-state index < -0.39 is 0 Å². The van der Waals surface area contributed by atoms with Gasteiger partial charge >= 0.3 is 0 Å². The molecule has 78 valence electrons. The number of thiazole rings is 1. The summed E-state index contributed by atoms with van der Waals surface area (Å²) in [5.41, 5.74) is 2.91. The van der Waals surface area contributed by atoms with E-state index in [0.29, 0.717) is 0 Å². The lowest BCUT2D eigenvalue weighted by Crippen LogP contribution is -2.04. The average Bonchev–Trinajstić information content (AvgIpc) is 2.74. The van der Waals surface area contributed by atoms with Gasteiger partial charge in [-0.05, 0) is 31.2 Å². The minimum absolute atomic E-state index is 0.277. The van der Waals surface area contributed by atoms with Crippen molar-refractivity contribution in [3.05, 3.63) is 45.9 Å². The molecule has 2 rings (SSSR count). The Kier molecular flexibility index (Phi) is 3.23. The molecule has 1 heterocycles. The molecule has 2 nitrogen and oxygen atoms in total. The fourth-order valence-electron chi connectivity index (χ4n) is 1.31. The van der Waals surface area contributed by atoms with Crippen LogP contribution in [0, 0.1) is 0 Å². The van der Waals surface area contributed by atoms with Crippen molar-refractivity contribution in [3.8, 4) is 0 Å². The first-order chi connectivity index (χ1) is 7.25. The predicted octanol–water partition coefficient (Wildman–Crippen LogP) is 3.97. The molecular formula is C11H11ClN2S. The number of hydrogen-bond acceptors (Lipinski definition) is 3. The van der Waals surface area contributed by atoms with Gasteiger partial charge in [0.1, 0.15) is 0 Å². The second kappa shape index (κ2) is 4.64. The Morgan fingerprint density at radius 2 is 2.07 bits per heavy atom. The highest BCUT2D eigenvalue weighted by atomic mass is 35.5. The van der Waals surface area contributed by atoms with E-state index in [1.54, 1.807) is 11.3 Å². The summed E-state index contributed by atoms with van der Waals surface area (Å²) in [7, 11) is 0. The first-order valence-corrected chi connectivity index (χ1v) is 5.92. The maximum atomic E-state index is 5.81. The van der Waals surface area contributed by atoms with Crippen LogP contribution in [-0.4, -0.2) is 4.98 Å². The van der Waals surface area contributed by atoms with E-state index in [2.05, 4.69) is 17.2 Å². The molecule has 15 heavy (non-hydrogen) atoms. The van der Waals surface area contributed by atoms with Crippen molar-refractivity contribution >= 4 is 28.6 Å². The molecule has 0 fully saturated rings. The van der Waals surface area contributed by atoms with Crippen molar-refractivity contribution in [2.24, 2.45) is 0 Å². The van der Waals surface area contributed by atoms with Crippen molar-refractivity contribution in [3.63, 3.8) is 0 Å². The van der Waals surface area contributed by atoms with Crippen molar-refractivity contribution < 1.29 is 0 Å². The Balaban J connectivity index is 2.06. The fraction of sp³-hybridized carbons (Fsp3) is 0.182. The van der Waals surface area contributed by atoms with Gasteiger partial charge in [0.05, 0.1) is 11.6 Å². The Morgan fingerprint density at radius 3 is 2.67 bits per heavy atom. The highest BCUT2D eigenvalue weighted by Gasteiger charge is 2.06. The molecular weight excluding hydrogens is 228 g/mol. The zero-order chi connectivity index (χ0) is 10.7. The number of nitrogens with one attached hydrogen (secondary N) is 1. The predicted molar refractivity (Wildman–Crippen MR) is 65.6 cm³/mol. The largest absolute Gasteiger partial charge is 0.378 e. The zero-order valence-corrected chi connectivity index (χ0v) is 9.85. The normalized spacial score (nSPS) is 12.4. The van der Waals surface area contributed by atoms with Crippen LogP contribution < -0.4 is 5.32 Å². The third-order valence-electron chi connectivity index (χ3n) is 2.11. The molecule has 0 saturated heterocycles. The lowest BCUT2D eigenvalue weighted by molar-refractivity contribution is 0.904. The average molecular weight is 239 g/mol. The first kappa shape index (κ1) is 10.5.